The van der Waals surface area contributed by atoms with Crippen molar-refractivity contribution in [1.29, 1.82) is 0 Å². The van der Waals surface area contributed by atoms with Gasteiger partial charge in [0.25, 0.3) is 0 Å². The number of nitrogens with one attached hydrogen (secondary N) is 1. The molecule has 1 atom stereocenters. The molecular weight excluding hydrogens is 338 g/mol. The summed E-state index contributed by atoms with van der Waals surface area (Å²) in [7, 11) is 0. The van der Waals surface area contributed by atoms with Crippen molar-refractivity contribution in [3.8, 4) is 0 Å². The van der Waals surface area contributed by atoms with Gasteiger partial charge in [-0.05, 0) is 36.1 Å². The zero-order valence-electron chi connectivity index (χ0n) is 13.7. The third-order valence-electron chi connectivity index (χ3n) is 4.92. The highest BCUT2D eigenvalue weighted by molar-refractivity contribution is 6.30. The quantitative estimate of drug-likeness (QED) is 0.818. The number of halogens is 1. The maximum atomic E-state index is 13.1. The van der Waals surface area contributed by atoms with Gasteiger partial charge in [0.2, 0.25) is 5.91 Å². The van der Waals surface area contributed by atoms with Crippen LogP contribution in [0.4, 0.5) is 0 Å². The van der Waals surface area contributed by atoms with Crippen LogP contribution in [0.2, 0.25) is 5.02 Å². The van der Waals surface area contributed by atoms with Crippen LogP contribution in [-0.4, -0.2) is 17.0 Å². The highest BCUT2D eigenvalue weighted by atomic mass is 35.5. The van der Waals surface area contributed by atoms with Crippen molar-refractivity contribution >= 4 is 23.5 Å². The Bertz CT molecular complexity index is 754. The Kier molecular flexibility index (Phi) is 5.09. The van der Waals surface area contributed by atoms with Crippen LogP contribution in [0.5, 0.6) is 0 Å². The minimum absolute atomic E-state index is 0.115. The van der Waals surface area contributed by atoms with Crippen LogP contribution in [0.15, 0.2) is 54.6 Å². The largest absolute Gasteiger partial charge is 0.481 e. The van der Waals surface area contributed by atoms with E-state index in [1.807, 2.05) is 42.5 Å². The molecule has 0 aromatic heterocycles. The Morgan fingerprint density at radius 3 is 2.24 bits per heavy atom. The highest BCUT2D eigenvalue weighted by Crippen LogP contribution is 2.44. The van der Waals surface area contributed by atoms with E-state index < -0.39 is 17.4 Å². The number of carboxylic acids is 1. The Hall–Kier alpha value is -2.33. The van der Waals surface area contributed by atoms with Crippen LogP contribution in [-0.2, 0) is 15.0 Å². The monoisotopic (exact) mass is 357 g/mol. The molecule has 2 N–H and O–H groups in total. The van der Waals surface area contributed by atoms with Gasteiger partial charge in [-0.1, -0.05) is 60.5 Å². The molecule has 1 fully saturated rings. The number of carboxylic acid groups (broad SMARTS) is 1. The third kappa shape index (κ3) is 3.69. The van der Waals surface area contributed by atoms with Gasteiger partial charge < -0.3 is 10.4 Å². The van der Waals surface area contributed by atoms with Crippen LogP contribution < -0.4 is 5.32 Å². The molecule has 0 radical (unpaired) electrons. The molecule has 0 unspecified atom stereocenters. The smallest absolute Gasteiger partial charge is 0.305 e. The van der Waals surface area contributed by atoms with Crippen molar-refractivity contribution in [1.82, 2.24) is 5.32 Å². The summed E-state index contributed by atoms with van der Waals surface area (Å²) in [6, 6.07) is 16.0. The molecule has 1 saturated carbocycles. The molecule has 5 heteroatoms. The van der Waals surface area contributed by atoms with Gasteiger partial charge in [0.15, 0.2) is 0 Å². The van der Waals surface area contributed by atoms with E-state index in [0.29, 0.717) is 5.02 Å². The molecule has 2 aromatic carbocycles. The van der Waals surface area contributed by atoms with Crippen molar-refractivity contribution in [2.45, 2.75) is 37.1 Å². The first kappa shape index (κ1) is 17.5. The van der Waals surface area contributed by atoms with E-state index in [2.05, 4.69) is 5.32 Å². The molecule has 3 rings (SSSR count). The maximum Gasteiger partial charge on any atom is 0.305 e. The van der Waals surface area contributed by atoms with Gasteiger partial charge >= 0.3 is 5.97 Å². The molecule has 0 spiro atoms. The van der Waals surface area contributed by atoms with E-state index in [9.17, 15) is 14.7 Å². The van der Waals surface area contributed by atoms with Crippen molar-refractivity contribution in [2.75, 3.05) is 0 Å². The van der Waals surface area contributed by atoms with E-state index >= 15 is 0 Å². The molecular formula is C20H20ClNO3. The van der Waals surface area contributed by atoms with Gasteiger partial charge in [-0.2, -0.15) is 0 Å². The molecule has 130 valence electrons. The minimum Gasteiger partial charge on any atom is -0.481 e. The first-order chi connectivity index (χ1) is 12.0. The summed E-state index contributed by atoms with van der Waals surface area (Å²) < 4.78 is 0. The Morgan fingerprint density at radius 2 is 1.72 bits per heavy atom. The number of carbonyl (C=O) groups excluding carboxylic acids is 1. The Morgan fingerprint density at radius 1 is 1.08 bits per heavy atom. The second-order valence-corrected chi connectivity index (χ2v) is 6.91. The fraction of sp³-hybridized carbons (Fsp3) is 0.300. The molecule has 0 heterocycles. The van der Waals surface area contributed by atoms with Crippen LogP contribution in [0.1, 0.15) is 42.9 Å². The molecule has 25 heavy (non-hydrogen) atoms. The molecule has 4 nitrogen and oxygen atoms in total. The SMILES string of the molecule is O=C(O)C[C@H](NC(=O)C1(c2ccc(Cl)cc2)CCC1)c1ccccc1. The number of hydrogen-bond donors (Lipinski definition) is 2. The zero-order chi connectivity index (χ0) is 17.9. The summed E-state index contributed by atoms with van der Waals surface area (Å²) >= 11 is 5.96. The molecule has 1 amide bonds. The lowest BCUT2D eigenvalue weighted by Crippen LogP contribution is -2.50. The predicted molar refractivity (Wildman–Crippen MR) is 96.6 cm³/mol. The normalized spacial score (nSPS) is 16.5. The minimum atomic E-state index is -0.941. The molecule has 0 bridgehead atoms. The molecule has 2 aromatic rings. The summed E-state index contributed by atoms with van der Waals surface area (Å²) in [4.78, 5) is 24.3. The number of carbonyl (C=O) groups is 2. The third-order valence-corrected chi connectivity index (χ3v) is 5.18. The fourth-order valence-electron chi connectivity index (χ4n) is 3.35. The maximum absolute atomic E-state index is 13.1. The van der Waals surface area contributed by atoms with Crippen LogP contribution >= 0.6 is 11.6 Å². The summed E-state index contributed by atoms with van der Waals surface area (Å²) in [6.45, 7) is 0. The summed E-state index contributed by atoms with van der Waals surface area (Å²) in [5.74, 6) is -1.06. The average Bonchev–Trinajstić information content (AvgIpc) is 2.55. The van der Waals surface area contributed by atoms with Crippen molar-refractivity contribution in [3.05, 3.63) is 70.7 Å². The van der Waals surface area contributed by atoms with E-state index in [1.165, 1.54) is 0 Å². The Labute approximate surface area is 151 Å². The van der Waals surface area contributed by atoms with Gasteiger partial charge in [-0.25, -0.2) is 0 Å². The molecule has 1 aliphatic carbocycles. The van der Waals surface area contributed by atoms with Crippen molar-refractivity contribution < 1.29 is 14.7 Å². The number of amides is 1. The van der Waals surface area contributed by atoms with E-state index in [0.717, 1.165) is 30.4 Å². The second-order valence-electron chi connectivity index (χ2n) is 6.48. The van der Waals surface area contributed by atoms with Crippen molar-refractivity contribution in [3.63, 3.8) is 0 Å². The first-order valence-corrected chi connectivity index (χ1v) is 8.73. The lowest BCUT2D eigenvalue weighted by Gasteiger charge is -2.41. The van der Waals surface area contributed by atoms with Gasteiger partial charge in [-0.3, -0.25) is 9.59 Å². The number of rotatable bonds is 6. The lowest BCUT2D eigenvalue weighted by molar-refractivity contribution is -0.138. The topological polar surface area (TPSA) is 66.4 Å². The Balaban J connectivity index is 1.84. The summed E-state index contributed by atoms with van der Waals surface area (Å²) in [6.07, 6.45) is 2.35. The van der Waals surface area contributed by atoms with Crippen LogP contribution in [0, 0.1) is 0 Å². The van der Waals surface area contributed by atoms with E-state index in [-0.39, 0.29) is 12.3 Å². The van der Waals surface area contributed by atoms with Gasteiger partial charge in [0, 0.05) is 5.02 Å². The first-order valence-electron chi connectivity index (χ1n) is 8.35. The average molecular weight is 358 g/mol. The fourth-order valence-corrected chi connectivity index (χ4v) is 3.48. The lowest BCUT2D eigenvalue weighted by atomic mass is 9.63. The van der Waals surface area contributed by atoms with E-state index in [4.69, 9.17) is 11.6 Å². The highest BCUT2D eigenvalue weighted by Gasteiger charge is 2.46. The summed E-state index contributed by atoms with van der Waals surface area (Å²) in [5.41, 5.74) is 1.14. The van der Waals surface area contributed by atoms with Crippen molar-refractivity contribution in [2.24, 2.45) is 0 Å². The summed E-state index contributed by atoms with van der Waals surface area (Å²) in [5, 5.41) is 12.8. The molecule has 1 aliphatic rings. The van der Waals surface area contributed by atoms with Gasteiger partial charge in [0.05, 0.1) is 17.9 Å². The van der Waals surface area contributed by atoms with Crippen LogP contribution in [0.3, 0.4) is 0 Å². The predicted octanol–water partition coefficient (Wildman–Crippen LogP) is 4.09. The van der Waals surface area contributed by atoms with E-state index in [1.54, 1.807) is 12.1 Å². The standard InChI is InChI=1S/C20H20ClNO3/c21-16-9-7-15(8-10-16)20(11-4-12-20)19(25)22-17(13-18(23)24)14-5-2-1-3-6-14/h1-3,5-10,17H,4,11-13H2,(H,22,25)(H,23,24)/t17-/m0/s1. The number of benzene rings is 2. The zero-order valence-corrected chi connectivity index (χ0v) is 14.5. The van der Waals surface area contributed by atoms with Gasteiger partial charge in [-0.15, -0.1) is 0 Å². The molecule has 0 saturated heterocycles. The number of aliphatic carboxylic acids is 1. The second kappa shape index (κ2) is 7.28. The van der Waals surface area contributed by atoms with Gasteiger partial charge in [0.1, 0.15) is 0 Å². The van der Waals surface area contributed by atoms with Crippen LogP contribution in [0.25, 0.3) is 0 Å². The number of hydrogen-bond acceptors (Lipinski definition) is 2. The molecule has 0 aliphatic heterocycles.